The van der Waals surface area contributed by atoms with Crippen LogP contribution in [0.25, 0.3) is 10.4 Å². The van der Waals surface area contributed by atoms with E-state index in [0.29, 0.717) is 30.2 Å². The molecule has 27 heavy (non-hydrogen) atoms. The Morgan fingerprint density at radius 3 is 3.07 bits per heavy atom. The highest BCUT2D eigenvalue weighted by Gasteiger charge is 2.78. The van der Waals surface area contributed by atoms with Crippen molar-refractivity contribution in [3.63, 3.8) is 0 Å². The quantitative estimate of drug-likeness (QED) is 0.509. The van der Waals surface area contributed by atoms with Gasteiger partial charge in [-0.2, -0.15) is 0 Å². The lowest BCUT2D eigenvalue weighted by Crippen LogP contribution is -2.31. The molecule has 1 N–H and O–H groups in total. The lowest BCUT2D eigenvalue weighted by atomic mass is 10.1. The summed E-state index contributed by atoms with van der Waals surface area (Å²) >= 11 is 0. The second-order valence-electron chi connectivity index (χ2n) is 6.63. The van der Waals surface area contributed by atoms with E-state index in [0.717, 1.165) is 11.1 Å². The predicted molar refractivity (Wildman–Crippen MR) is 92.0 cm³/mol. The van der Waals surface area contributed by atoms with Gasteiger partial charge in [-0.25, -0.2) is 4.98 Å². The molecule has 9 heteroatoms. The molecule has 3 atom stereocenters. The third kappa shape index (κ3) is 2.18. The number of carbonyl (C=O) groups is 2. The normalized spacial score (nSPS) is 26.4. The number of hydrogen-bond acceptors (Lipinski definition) is 5. The minimum Gasteiger partial charge on any atom is -0.450 e. The maximum atomic E-state index is 12.3. The number of hydrogen-bond donors (Lipinski definition) is 1. The molecule has 5 rings (SSSR count). The summed E-state index contributed by atoms with van der Waals surface area (Å²) in [5.41, 5.74) is 10.2. The molecule has 1 aromatic carbocycles. The average molecular weight is 363 g/mol. The lowest BCUT2D eigenvalue weighted by molar-refractivity contribution is -0.124. The number of amides is 2. The van der Waals surface area contributed by atoms with Crippen LogP contribution in [-0.4, -0.2) is 22.6 Å². The van der Waals surface area contributed by atoms with Gasteiger partial charge in [0, 0.05) is 28.7 Å². The first-order chi connectivity index (χ1) is 13.1. The number of nitrogens with one attached hydrogen (secondary N) is 1. The second-order valence-corrected chi connectivity index (χ2v) is 6.63. The second kappa shape index (κ2) is 5.46. The standard InChI is InChI=1S/C18H13N5O4/c19-23-22-17(25)15-14-9-3-1-2-4-11(9)26-18(14,15)27-12-7-8-20-16-10(12)5-6-13(24)21-16/h1-4,7-8,14-15H,5-6H2,(H,20,21,24)/t14-,15+,18-/m1/s1. The number of carbonyl (C=O) groups excluding carboxylic acids is 2. The van der Waals surface area contributed by atoms with Crippen LogP contribution >= 0.6 is 0 Å². The fourth-order valence-electron chi connectivity index (χ4n) is 3.96. The molecule has 134 valence electrons. The number of ether oxygens (including phenoxy) is 2. The molecule has 1 fully saturated rings. The van der Waals surface area contributed by atoms with E-state index in [1.54, 1.807) is 6.07 Å². The summed E-state index contributed by atoms with van der Waals surface area (Å²) in [5, 5.41) is 5.96. The van der Waals surface area contributed by atoms with E-state index < -0.39 is 17.6 Å². The molecule has 3 aliphatic rings. The topological polar surface area (TPSA) is 126 Å². The zero-order valence-electron chi connectivity index (χ0n) is 14.0. The Balaban J connectivity index is 1.54. The first-order valence-electron chi connectivity index (χ1n) is 8.47. The summed E-state index contributed by atoms with van der Waals surface area (Å²) in [7, 11) is 0. The molecule has 1 aromatic heterocycles. The summed E-state index contributed by atoms with van der Waals surface area (Å²) in [5.74, 6) is -1.45. The van der Waals surface area contributed by atoms with E-state index in [2.05, 4.69) is 20.3 Å². The molecule has 9 nitrogen and oxygen atoms in total. The summed E-state index contributed by atoms with van der Waals surface area (Å²) < 4.78 is 12.2. The number of para-hydroxylation sites is 1. The van der Waals surface area contributed by atoms with Crippen LogP contribution in [0, 0.1) is 5.92 Å². The van der Waals surface area contributed by atoms with Gasteiger partial charge in [0.1, 0.15) is 23.2 Å². The number of nitrogens with zero attached hydrogens (tertiary/aromatic N) is 4. The molecule has 2 amide bonds. The van der Waals surface area contributed by atoms with E-state index in [4.69, 9.17) is 15.0 Å². The zero-order valence-corrected chi connectivity index (χ0v) is 14.0. The smallest absolute Gasteiger partial charge is 0.269 e. The van der Waals surface area contributed by atoms with Crippen molar-refractivity contribution in [2.75, 3.05) is 5.32 Å². The molecule has 2 aliphatic heterocycles. The van der Waals surface area contributed by atoms with Crippen molar-refractivity contribution in [3.8, 4) is 11.5 Å². The molecular formula is C18H13N5O4. The molecule has 0 saturated heterocycles. The van der Waals surface area contributed by atoms with Gasteiger partial charge in [-0.15, -0.1) is 0 Å². The van der Waals surface area contributed by atoms with Crippen molar-refractivity contribution in [1.82, 2.24) is 4.98 Å². The van der Waals surface area contributed by atoms with E-state index in [-0.39, 0.29) is 11.8 Å². The van der Waals surface area contributed by atoms with Gasteiger partial charge in [-0.05, 0) is 29.2 Å². The number of fused-ring (bicyclic) bond motifs is 4. The lowest BCUT2D eigenvalue weighted by Gasteiger charge is -2.23. The van der Waals surface area contributed by atoms with Gasteiger partial charge >= 0.3 is 0 Å². The van der Waals surface area contributed by atoms with Gasteiger partial charge in [0.2, 0.25) is 11.8 Å². The van der Waals surface area contributed by atoms with Gasteiger partial charge in [0.15, 0.2) is 0 Å². The average Bonchev–Trinajstić information content (AvgIpc) is 3.18. The maximum absolute atomic E-state index is 12.3. The fourth-order valence-corrected chi connectivity index (χ4v) is 3.96. The molecule has 1 aliphatic carbocycles. The molecule has 0 radical (unpaired) electrons. The molecule has 0 bridgehead atoms. The zero-order chi connectivity index (χ0) is 18.6. The van der Waals surface area contributed by atoms with Crippen LogP contribution in [-0.2, 0) is 16.0 Å². The van der Waals surface area contributed by atoms with Crippen LogP contribution in [0.4, 0.5) is 5.82 Å². The predicted octanol–water partition coefficient (Wildman–Crippen LogP) is 2.68. The summed E-state index contributed by atoms with van der Waals surface area (Å²) in [4.78, 5) is 30.7. The minimum absolute atomic E-state index is 0.101. The van der Waals surface area contributed by atoms with Crippen molar-refractivity contribution in [2.24, 2.45) is 11.0 Å². The van der Waals surface area contributed by atoms with E-state index in [9.17, 15) is 9.59 Å². The van der Waals surface area contributed by atoms with Gasteiger partial charge in [0.05, 0.1) is 5.92 Å². The number of rotatable bonds is 3. The van der Waals surface area contributed by atoms with Crippen LogP contribution in [0.1, 0.15) is 23.5 Å². The van der Waals surface area contributed by atoms with Crippen LogP contribution in [0.15, 0.2) is 41.6 Å². The van der Waals surface area contributed by atoms with Crippen LogP contribution in [0.3, 0.4) is 0 Å². The first-order valence-corrected chi connectivity index (χ1v) is 8.47. The first kappa shape index (κ1) is 15.7. The number of benzene rings is 1. The Labute approximate surface area is 152 Å². The summed E-state index contributed by atoms with van der Waals surface area (Å²) in [6.07, 6.45) is 2.33. The Hall–Kier alpha value is -3.58. The maximum Gasteiger partial charge on any atom is 0.269 e. The molecule has 3 heterocycles. The van der Waals surface area contributed by atoms with E-state index in [1.807, 2.05) is 24.3 Å². The molecule has 0 spiro atoms. The van der Waals surface area contributed by atoms with Crippen LogP contribution in [0.2, 0.25) is 0 Å². The van der Waals surface area contributed by atoms with Gasteiger partial charge in [0.25, 0.3) is 5.79 Å². The Bertz CT molecular complexity index is 1050. The van der Waals surface area contributed by atoms with Crippen molar-refractivity contribution in [1.29, 1.82) is 0 Å². The SMILES string of the molecule is [N-]=[N+]=NC(=O)[C@@H]1[C@H]2c3ccccc3O[C@]12Oc1ccnc2c1CCC(=O)N2. The van der Waals surface area contributed by atoms with Crippen molar-refractivity contribution in [2.45, 2.75) is 24.5 Å². The van der Waals surface area contributed by atoms with Crippen LogP contribution in [0.5, 0.6) is 11.5 Å². The van der Waals surface area contributed by atoms with Crippen LogP contribution < -0.4 is 14.8 Å². The van der Waals surface area contributed by atoms with Crippen molar-refractivity contribution >= 4 is 17.6 Å². The Morgan fingerprint density at radius 1 is 1.37 bits per heavy atom. The number of aromatic nitrogens is 1. The van der Waals surface area contributed by atoms with Gasteiger partial charge in [-0.1, -0.05) is 18.2 Å². The molecule has 1 saturated carbocycles. The highest BCUT2D eigenvalue weighted by Crippen LogP contribution is 2.67. The Kier molecular flexibility index (Phi) is 3.16. The van der Waals surface area contributed by atoms with E-state index >= 15 is 0 Å². The third-order valence-corrected chi connectivity index (χ3v) is 5.17. The number of pyridine rings is 1. The van der Waals surface area contributed by atoms with Crippen molar-refractivity contribution < 1.29 is 19.1 Å². The fraction of sp³-hybridized carbons (Fsp3) is 0.278. The van der Waals surface area contributed by atoms with E-state index in [1.165, 1.54) is 6.20 Å². The highest BCUT2D eigenvalue weighted by molar-refractivity contribution is 5.93. The van der Waals surface area contributed by atoms with Crippen molar-refractivity contribution in [3.05, 3.63) is 58.1 Å². The number of anilines is 1. The minimum atomic E-state index is -1.24. The monoisotopic (exact) mass is 363 g/mol. The summed E-state index contributed by atoms with van der Waals surface area (Å²) in [6.45, 7) is 0. The third-order valence-electron chi connectivity index (χ3n) is 5.17. The van der Waals surface area contributed by atoms with Gasteiger partial charge < -0.3 is 14.8 Å². The Morgan fingerprint density at radius 2 is 2.22 bits per heavy atom. The summed E-state index contributed by atoms with van der Waals surface area (Å²) in [6, 6.07) is 9.06. The number of azide groups is 1. The molecule has 0 unspecified atom stereocenters. The molecular weight excluding hydrogens is 350 g/mol. The van der Waals surface area contributed by atoms with Gasteiger partial charge in [-0.3, -0.25) is 9.59 Å². The molecule has 2 aromatic rings. The highest BCUT2D eigenvalue weighted by atomic mass is 16.7. The largest absolute Gasteiger partial charge is 0.450 e.